The van der Waals surface area contributed by atoms with Gasteiger partial charge in [0.2, 0.25) is 0 Å². The average molecular weight is 300 g/mol. The van der Waals surface area contributed by atoms with E-state index in [2.05, 4.69) is 29.0 Å². The minimum absolute atomic E-state index is 0.158. The average Bonchev–Trinajstić information content (AvgIpc) is 2.80. The Bertz CT molecular complexity index is 778. The number of anilines is 1. The predicted molar refractivity (Wildman–Crippen MR) is 86.0 cm³/mol. The quantitative estimate of drug-likeness (QED) is 0.698. The molecule has 0 aliphatic carbocycles. The summed E-state index contributed by atoms with van der Waals surface area (Å²) in [6, 6.07) is 13.1. The summed E-state index contributed by atoms with van der Waals surface area (Å²) in [6.07, 6.45) is 0. The number of hydrogen-bond donors (Lipinski definition) is 2. The van der Waals surface area contributed by atoms with Crippen molar-refractivity contribution < 1.29 is 4.79 Å². The molecule has 0 bridgehead atoms. The molecule has 0 aliphatic rings. The first-order chi connectivity index (χ1) is 9.61. The molecule has 0 unspecified atom stereocenters. The largest absolute Gasteiger partial charge is 0.298 e. The first kappa shape index (κ1) is 13.1. The Hall–Kier alpha value is -1.85. The maximum atomic E-state index is 12.1. The smallest absolute Gasteiger partial charge is 0.257 e. The molecule has 3 aromatic rings. The molecule has 1 N–H and O–H groups in total. The van der Waals surface area contributed by atoms with Crippen molar-refractivity contribution in [1.82, 2.24) is 4.98 Å². The highest BCUT2D eigenvalue weighted by molar-refractivity contribution is 7.80. The summed E-state index contributed by atoms with van der Waals surface area (Å²) in [5.41, 5.74) is 2.68. The first-order valence-electron chi connectivity index (χ1n) is 6.09. The zero-order valence-electron chi connectivity index (χ0n) is 10.8. The summed E-state index contributed by atoms with van der Waals surface area (Å²) in [4.78, 5) is 17.3. The van der Waals surface area contributed by atoms with Gasteiger partial charge < -0.3 is 0 Å². The summed E-state index contributed by atoms with van der Waals surface area (Å²) >= 11 is 5.68. The Morgan fingerprint density at radius 3 is 2.70 bits per heavy atom. The van der Waals surface area contributed by atoms with Gasteiger partial charge in [-0.3, -0.25) is 10.1 Å². The minimum atomic E-state index is -0.158. The van der Waals surface area contributed by atoms with Crippen LogP contribution in [0.25, 0.3) is 10.2 Å². The fourth-order valence-corrected chi connectivity index (χ4v) is 2.98. The topological polar surface area (TPSA) is 42.0 Å². The lowest BCUT2D eigenvalue weighted by molar-refractivity contribution is 0.102. The van der Waals surface area contributed by atoms with Gasteiger partial charge in [-0.15, -0.1) is 12.6 Å². The number of carbonyl (C=O) groups excluding carboxylic acids is 1. The van der Waals surface area contributed by atoms with Gasteiger partial charge in [0, 0.05) is 10.5 Å². The van der Waals surface area contributed by atoms with E-state index < -0.39 is 0 Å². The monoisotopic (exact) mass is 300 g/mol. The van der Waals surface area contributed by atoms with Crippen molar-refractivity contribution in [2.75, 3.05) is 5.32 Å². The van der Waals surface area contributed by atoms with Crippen molar-refractivity contribution in [3.63, 3.8) is 0 Å². The highest BCUT2D eigenvalue weighted by atomic mass is 32.1. The van der Waals surface area contributed by atoms with Crippen LogP contribution in [0.2, 0.25) is 0 Å². The van der Waals surface area contributed by atoms with E-state index in [-0.39, 0.29) is 5.91 Å². The van der Waals surface area contributed by atoms with E-state index in [4.69, 9.17) is 0 Å². The van der Waals surface area contributed by atoms with Crippen LogP contribution >= 0.6 is 24.0 Å². The molecule has 3 rings (SSSR count). The standard InChI is InChI=1S/C15H12N2OS2/c1-9-2-7-12-13(8-9)20-15(16-12)17-14(18)10-3-5-11(19)6-4-10/h2-8,19H,1H3,(H,16,17,18). The van der Waals surface area contributed by atoms with Crippen molar-refractivity contribution in [2.45, 2.75) is 11.8 Å². The van der Waals surface area contributed by atoms with Crippen molar-refractivity contribution in [2.24, 2.45) is 0 Å². The maximum absolute atomic E-state index is 12.1. The number of benzene rings is 2. The second-order valence-corrected chi connectivity index (χ2v) is 6.04. The number of nitrogens with one attached hydrogen (secondary N) is 1. The Balaban J connectivity index is 1.85. The molecule has 0 radical (unpaired) electrons. The van der Waals surface area contributed by atoms with Gasteiger partial charge in [-0.05, 0) is 48.9 Å². The van der Waals surface area contributed by atoms with Crippen LogP contribution in [0.3, 0.4) is 0 Å². The lowest BCUT2D eigenvalue weighted by Crippen LogP contribution is -2.11. The molecule has 0 aliphatic heterocycles. The summed E-state index contributed by atoms with van der Waals surface area (Å²) in [7, 11) is 0. The Morgan fingerprint density at radius 1 is 1.20 bits per heavy atom. The molecule has 20 heavy (non-hydrogen) atoms. The van der Waals surface area contributed by atoms with Gasteiger partial charge in [0.05, 0.1) is 10.2 Å². The van der Waals surface area contributed by atoms with Gasteiger partial charge in [0.15, 0.2) is 5.13 Å². The van der Waals surface area contributed by atoms with Crippen LogP contribution < -0.4 is 5.32 Å². The Labute approximate surface area is 126 Å². The van der Waals surface area contributed by atoms with Crippen LogP contribution in [0, 0.1) is 6.92 Å². The molecule has 1 heterocycles. The van der Waals surface area contributed by atoms with Crippen molar-refractivity contribution >= 4 is 45.2 Å². The molecule has 1 aromatic heterocycles. The van der Waals surface area contributed by atoms with E-state index in [0.717, 1.165) is 15.1 Å². The highest BCUT2D eigenvalue weighted by Gasteiger charge is 2.09. The third-order valence-corrected chi connectivity index (χ3v) is 4.13. The van der Waals surface area contributed by atoms with Crippen molar-refractivity contribution in [3.05, 3.63) is 53.6 Å². The van der Waals surface area contributed by atoms with E-state index in [9.17, 15) is 4.79 Å². The number of hydrogen-bond acceptors (Lipinski definition) is 4. The van der Waals surface area contributed by atoms with Crippen LogP contribution in [-0.4, -0.2) is 10.9 Å². The van der Waals surface area contributed by atoms with E-state index in [1.165, 1.54) is 16.9 Å². The van der Waals surface area contributed by atoms with Gasteiger partial charge in [0.1, 0.15) is 0 Å². The Kier molecular flexibility index (Phi) is 3.46. The minimum Gasteiger partial charge on any atom is -0.298 e. The second kappa shape index (κ2) is 5.26. The molecule has 0 saturated carbocycles. The number of thiazole rings is 1. The van der Waals surface area contributed by atoms with Gasteiger partial charge >= 0.3 is 0 Å². The maximum Gasteiger partial charge on any atom is 0.257 e. The number of nitrogens with zero attached hydrogens (tertiary/aromatic N) is 1. The van der Waals surface area contributed by atoms with Crippen molar-refractivity contribution in [1.29, 1.82) is 0 Å². The van der Waals surface area contributed by atoms with Gasteiger partial charge in [-0.1, -0.05) is 17.4 Å². The number of amides is 1. The molecule has 2 aromatic carbocycles. The summed E-state index contributed by atoms with van der Waals surface area (Å²) < 4.78 is 1.08. The summed E-state index contributed by atoms with van der Waals surface area (Å²) in [6.45, 7) is 2.04. The Morgan fingerprint density at radius 2 is 1.95 bits per heavy atom. The molecule has 0 fully saturated rings. The van der Waals surface area contributed by atoms with Crippen LogP contribution in [0.5, 0.6) is 0 Å². The number of aromatic nitrogens is 1. The molecule has 3 nitrogen and oxygen atoms in total. The first-order valence-corrected chi connectivity index (χ1v) is 7.36. The molecule has 0 atom stereocenters. The molecule has 5 heteroatoms. The molecule has 0 spiro atoms. The number of rotatable bonds is 2. The van der Waals surface area contributed by atoms with Gasteiger partial charge in [-0.2, -0.15) is 0 Å². The van der Waals surface area contributed by atoms with E-state index in [0.29, 0.717) is 10.7 Å². The normalized spacial score (nSPS) is 10.7. The summed E-state index contributed by atoms with van der Waals surface area (Å²) in [5, 5.41) is 3.45. The lowest BCUT2D eigenvalue weighted by atomic mass is 10.2. The van der Waals surface area contributed by atoms with E-state index in [1.807, 2.05) is 19.1 Å². The van der Waals surface area contributed by atoms with Crippen LogP contribution in [0.4, 0.5) is 5.13 Å². The van der Waals surface area contributed by atoms with Crippen molar-refractivity contribution in [3.8, 4) is 0 Å². The SMILES string of the molecule is Cc1ccc2nc(NC(=O)c3ccc(S)cc3)sc2c1. The second-order valence-electron chi connectivity index (χ2n) is 4.49. The fourth-order valence-electron chi connectivity index (χ4n) is 1.87. The fraction of sp³-hybridized carbons (Fsp3) is 0.0667. The van der Waals surface area contributed by atoms with E-state index >= 15 is 0 Å². The van der Waals surface area contributed by atoms with Gasteiger partial charge in [0.25, 0.3) is 5.91 Å². The van der Waals surface area contributed by atoms with Crippen LogP contribution in [0.1, 0.15) is 15.9 Å². The molecular formula is C15H12N2OS2. The van der Waals surface area contributed by atoms with Crippen LogP contribution in [-0.2, 0) is 0 Å². The van der Waals surface area contributed by atoms with Crippen LogP contribution in [0.15, 0.2) is 47.4 Å². The highest BCUT2D eigenvalue weighted by Crippen LogP contribution is 2.27. The zero-order valence-corrected chi connectivity index (χ0v) is 12.5. The molecule has 100 valence electrons. The number of fused-ring (bicyclic) bond motifs is 1. The van der Waals surface area contributed by atoms with E-state index in [1.54, 1.807) is 24.3 Å². The molecular weight excluding hydrogens is 288 g/mol. The lowest BCUT2D eigenvalue weighted by Gasteiger charge is -2.01. The number of thiol groups is 1. The third kappa shape index (κ3) is 2.69. The number of aryl methyl sites for hydroxylation is 1. The van der Waals surface area contributed by atoms with Gasteiger partial charge in [-0.25, -0.2) is 4.98 Å². The summed E-state index contributed by atoms with van der Waals surface area (Å²) in [5.74, 6) is -0.158. The predicted octanol–water partition coefficient (Wildman–Crippen LogP) is 4.15. The third-order valence-electron chi connectivity index (χ3n) is 2.89. The molecule has 1 amide bonds. The number of carbonyl (C=O) groups is 1. The molecule has 0 saturated heterocycles. The zero-order chi connectivity index (χ0) is 14.1.